The first-order valence-electron chi connectivity index (χ1n) is 5.31. The third-order valence-electron chi connectivity index (χ3n) is 2.06. The number of carbonyl (C=O) groups is 2. The molecule has 1 aromatic heterocycles. The lowest BCUT2D eigenvalue weighted by molar-refractivity contribution is -0.123. The van der Waals surface area contributed by atoms with Gasteiger partial charge in [0.25, 0.3) is 5.91 Å². The topological polar surface area (TPSA) is 91.6 Å². The molecule has 3 N–H and O–H groups in total. The number of furan rings is 1. The Morgan fingerprint density at radius 3 is 2.71 bits per heavy atom. The summed E-state index contributed by atoms with van der Waals surface area (Å²) in [7, 11) is 0. The zero-order valence-electron chi connectivity index (χ0n) is 9.77. The van der Waals surface area contributed by atoms with Crippen molar-refractivity contribution in [3.63, 3.8) is 0 Å². The molecule has 0 aliphatic rings. The predicted molar refractivity (Wildman–Crippen MR) is 60.3 cm³/mol. The lowest BCUT2D eigenvalue weighted by Crippen LogP contribution is -2.46. The Kier molecular flexibility index (Phi) is 4.71. The Morgan fingerprint density at radius 1 is 1.47 bits per heavy atom. The van der Waals surface area contributed by atoms with E-state index in [1.54, 1.807) is 19.9 Å². The fourth-order valence-electron chi connectivity index (χ4n) is 1.14. The third-order valence-corrected chi connectivity index (χ3v) is 2.06. The number of hydrogen-bond donors (Lipinski definition) is 3. The van der Waals surface area contributed by atoms with Crippen LogP contribution in [-0.4, -0.2) is 35.6 Å². The zero-order chi connectivity index (χ0) is 12.8. The van der Waals surface area contributed by atoms with Crippen molar-refractivity contribution in [2.24, 2.45) is 0 Å². The first-order valence-corrected chi connectivity index (χ1v) is 5.31. The second kappa shape index (κ2) is 6.05. The van der Waals surface area contributed by atoms with Crippen LogP contribution in [0.3, 0.4) is 0 Å². The fraction of sp³-hybridized carbons (Fsp3) is 0.455. The van der Waals surface area contributed by atoms with Crippen molar-refractivity contribution in [2.45, 2.75) is 26.0 Å². The van der Waals surface area contributed by atoms with Crippen LogP contribution in [0.4, 0.5) is 0 Å². The molecule has 94 valence electrons. The van der Waals surface area contributed by atoms with Crippen LogP contribution >= 0.6 is 0 Å². The summed E-state index contributed by atoms with van der Waals surface area (Å²) >= 11 is 0. The summed E-state index contributed by atoms with van der Waals surface area (Å²) < 4.78 is 4.89. The Balaban J connectivity index is 2.41. The standard InChI is InChI=1S/C11H16N2O4/c1-7(14)6-12-10(15)8(2)13-11(16)9-4-3-5-17-9/h3-5,7-8,14H,6H2,1-2H3,(H,12,15)(H,13,16)/t7-,8?/m1/s1. The van der Waals surface area contributed by atoms with E-state index in [9.17, 15) is 9.59 Å². The zero-order valence-corrected chi connectivity index (χ0v) is 9.77. The maximum Gasteiger partial charge on any atom is 0.287 e. The van der Waals surface area contributed by atoms with E-state index in [0.717, 1.165) is 0 Å². The van der Waals surface area contributed by atoms with Crippen LogP contribution in [0.5, 0.6) is 0 Å². The van der Waals surface area contributed by atoms with E-state index in [2.05, 4.69) is 10.6 Å². The molecule has 0 spiro atoms. The molecule has 0 saturated heterocycles. The summed E-state index contributed by atoms with van der Waals surface area (Å²) in [5.74, 6) is -0.652. The van der Waals surface area contributed by atoms with Crippen molar-refractivity contribution in [1.82, 2.24) is 10.6 Å². The van der Waals surface area contributed by atoms with Gasteiger partial charge in [0.15, 0.2) is 5.76 Å². The van der Waals surface area contributed by atoms with Crippen LogP contribution in [0, 0.1) is 0 Å². The Hall–Kier alpha value is -1.82. The number of rotatable bonds is 5. The molecule has 0 bridgehead atoms. The maximum absolute atomic E-state index is 11.5. The van der Waals surface area contributed by atoms with E-state index in [1.807, 2.05) is 0 Å². The molecule has 0 fully saturated rings. The monoisotopic (exact) mass is 240 g/mol. The number of nitrogens with one attached hydrogen (secondary N) is 2. The van der Waals surface area contributed by atoms with Gasteiger partial charge in [0.2, 0.25) is 5.91 Å². The highest BCUT2D eigenvalue weighted by Gasteiger charge is 2.17. The number of amides is 2. The van der Waals surface area contributed by atoms with Crippen LogP contribution in [0.1, 0.15) is 24.4 Å². The molecule has 0 saturated carbocycles. The smallest absolute Gasteiger partial charge is 0.287 e. The lowest BCUT2D eigenvalue weighted by Gasteiger charge is -2.14. The Labute approximate surface area is 99.0 Å². The van der Waals surface area contributed by atoms with Gasteiger partial charge in [-0.05, 0) is 26.0 Å². The van der Waals surface area contributed by atoms with Crippen LogP contribution in [0.25, 0.3) is 0 Å². The second-order valence-electron chi connectivity index (χ2n) is 3.77. The first kappa shape index (κ1) is 13.2. The van der Waals surface area contributed by atoms with Gasteiger partial charge >= 0.3 is 0 Å². The minimum Gasteiger partial charge on any atom is -0.459 e. The fourth-order valence-corrected chi connectivity index (χ4v) is 1.14. The summed E-state index contributed by atoms with van der Waals surface area (Å²) in [5.41, 5.74) is 0. The minimum atomic E-state index is -0.689. The average molecular weight is 240 g/mol. The predicted octanol–water partition coefficient (Wildman–Crippen LogP) is -0.105. The number of aliphatic hydroxyl groups excluding tert-OH is 1. The van der Waals surface area contributed by atoms with Crippen molar-refractivity contribution >= 4 is 11.8 Å². The normalized spacial score (nSPS) is 13.8. The minimum absolute atomic E-state index is 0.153. The highest BCUT2D eigenvalue weighted by Crippen LogP contribution is 1.99. The van der Waals surface area contributed by atoms with E-state index in [1.165, 1.54) is 12.3 Å². The van der Waals surface area contributed by atoms with Crippen LogP contribution < -0.4 is 10.6 Å². The first-order chi connectivity index (χ1) is 8.00. The van der Waals surface area contributed by atoms with Crippen molar-refractivity contribution in [3.05, 3.63) is 24.2 Å². The van der Waals surface area contributed by atoms with Gasteiger partial charge in [-0.1, -0.05) is 0 Å². The van der Waals surface area contributed by atoms with Gasteiger partial charge in [0.05, 0.1) is 12.4 Å². The Bertz CT molecular complexity index is 373. The summed E-state index contributed by atoms with van der Waals surface area (Å²) in [5, 5.41) is 14.0. The quantitative estimate of drug-likeness (QED) is 0.670. The van der Waals surface area contributed by atoms with Gasteiger partial charge in [-0.3, -0.25) is 9.59 Å². The van der Waals surface area contributed by atoms with Gasteiger partial charge in [0.1, 0.15) is 6.04 Å². The van der Waals surface area contributed by atoms with Crippen molar-refractivity contribution < 1.29 is 19.1 Å². The van der Waals surface area contributed by atoms with E-state index in [0.29, 0.717) is 0 Å². The summed E-state index contributed by atoms with van der Waals surface area (Å²) in [6, 6.07) is 2.41. The highest BCUT2D eigenvalue weighted by molar-refractivity contribution is 5.95. The molecule has 1 aromatic rings. The molecule has 1 rings (SSSR count). The van der Waals surface area contributed by atoms with Gasteiger partial charge in [0, 0.05) is 6.54 Å². The molecule has 6 nitrogen and oxygen atoms in total. The molecule has 1 unspecified atom stereocenters. The summed E-state index contributed by atoms with van der Waals surface area (Å²) in [4.78, 5) is 23.0. The van der Waals surface area contributed by atoms with Crippen LogP contribution in [-0.2, 0) is 4.79 Å². The number of hydrogen-bond acceptors (Lipinski definition) is 4. The molecule has 2 amide bonds. The molecular weight excluding hydrogens is 224 g/mol. The summed E-state index contributed by atoms with van der Waals surface area (Å²) in [6.07, 6.45) is 0.763. The molecule has 0 aliphatic carbocycles. The van der Waals surface area contributed by atoms with E-state index < -0.39 is 18.1 Å². The molecule has 1 heterocycles. The molecule has 0 aromatic carbocycles. The molecule has 17 heavy (non-hydrogen) atoms. The summed E-state index contributed by atoms with van der Waals surface area (Å²) in [6.45, 7) is 3.27. The molecule has 6 heteroatoms. The molecule has 0 aliphatic heterocycles. The van der Waals surface area contributed by atoms with Gasteiger partial charge < -0.3 is 20.2 Å². The molecule has 2 atom stereocenters. The van der Waals surface area contributed by atoms with Gasteiger partial charge in [-0.15, -0.1) is 0 Å². The highest BCUT2D eigenvalue weighted by atomic mass is 16.3. The Morgan fingerprint density at radius 2 is 2.18 bits per heavy atom. The number of aliphatic hydroxyl groups is 1. The SMILES string of the molecule is CC(NC(=O)c1ccco1)C(=O)NC[C@@H](C)O. The second-order valence-corrected chi connectivity index (χ2v) is 3.77. The number of carbonyl (C=O) groups excluding carboxylic acids is 2. The largest absolute Gasteiger partial charge is 0.459 e. The molecular formula is C11H16N2O4. The van der Waals surface area contributed by atoms with Crippen LogP contribution in [0.2, 0.25) is 0 Å². The van der Waals surface area contributed by atoms with E-state index >= 15 is 0 Å². The lowest BCUT2D eigenvalue weighted by atomic mass is 10.3. The third kappa shape index (κ3) is 4.28. The van der Waals surface area contributed by atoms with E-state index in [-0.39, 0.29) is 18.2 Å². The van der Waals surface area contributed by atoms with Crippen molar-refractivity contribution in [1.29, 1.82) is 0 Å². The van der Waals surface area contributed by atoms with Gasteiger partial charge in [-0.2, -0.15) is 0 Å². The van der Waals surface area contributed by atoms with Crippen LogP contribution in [0.15, 0.2) is 22.8 Å². The average Bonchev–Trinajstić information content (AvgIpc) is 2.78. The van der Waals surface area contributed by atoms with Gasteiger partial charge in [-0.25, -0.2) is 0 Å². The molecule has 0 radical (unpaired) electrons. The van der Waals surface area contributed by atoms with Crippen molar-refractivity contribution in [2.75, 3.05) is 6.54 Å². The maximum atomic E-state index is 11.5. The van der Waals surface area contributed by atoms with E-state index in [4.69, 9.17) is 9.52 Å². The van der Waals surface area contributed by atoms with Crippen molar-refractivity contribution in [3.8, 4) is 0 Å².